The lowest BCUT2D eigenvalue weighted by atomic mass is 10.2. The largest absolute Gasteiger partial charge is 0.494 e. The summed E-state index contributed by atoms with van der Waals surface area (Å²) in [6.45, 7) is 4.42. The lowest BCUT2D eigenvalue weighted by molar-refractivity contribution is 0.412. The third-order valence-corrected chi connectivity index (χ3v) is 4.67. The molecule has 0 aliphatic heterocycles. The van der Waals surface area contributed by atoms with Crippen molar-refractivity contribution in [2.75, 3.05) is 0 Å². The van der Waals surface area contributed by atoms with E-state index in [0.717, 1.165) is 33.4 Å². The lowest BCUT2D eigenvalue weighted by Crippen LogP contribution is -2.22. The van der Waals surface area contributed by atoms with Crippen molar-refractivity contribution in [2.45, 2.75) is 32.7 Å². The number of hydrogen-bond acceptors (Lipinski definition) is 5. The van der Waals surface area contributed by atoms with Gasteiger partial charge in [-0.15, -0.1) is 11.3 Å². The van der Waals surface area contributed by atoms with E-state index < -0.39 is 16.8 Å². The summed E-state index contributed by atoms with van der Waals surface area (Å²) in [5, 5.41) is 12.9. The van der Waals surface area contributed by atoms with E-state index in [2.05, 4.69) is 18.8 Å². The highest BCUT2D eigenvalue weighted by Crippen LogP contribution is 2.19. The van der Waals surface area contributed by atoms with E-state index in [0.29, 0.717) is 18.9 Å². The second-order valence-corrected chi connectivity index (χ2v) is 6.72. The molecule has 0 amide bonds. The molecule has 0 fully saturated rings. The van der Waals surface area contributed by atoms with Crippen molar-refractivity contribution in [3.8, 4) is 5.88 Å². The monoisotopic (exact) mass is 349 g/mol. The van der Waals surface area contributed by atoms with Crippen molar-refractivity contribution in [2.24, 2.45) is 0 Å². The Kier molecular flexibility index (Phi) is 4.23. The van der Waals surface area contributed by atoms with Gasteiger partial charge in [0.1, 0.15) is 5.65 Å². The van der Waals surface area contributed by atoms with Crippen LogP contribution in [0.1, 0.15) is 30.5 Å². The number of pyridine rings is 1. The van der Waals surface area contributed by atoms with E-state index in [9.17, 15) is 19.1 Å². The molecule has 0 aliphatic rings. The zero-order chi connectivity index (χ0) is 17.4. The average Bonchev–Trinajstić information content (AvgIpc) is 2.98. The summed E-state index contributed by atoms with van der Waals surface area (Å²) in [6.07, 6.45) is 1.37. The van der Waals surface area contributed by atoms with Crippen molar-refractivity contribution in [1.29, 1.82) is 0 Å². The van der Waals surface area contributed by atoms with Crippen LogP contribution < -0.4 is 11.0 Å². The zero-order valence-electron chi connectivity index (χ0n) is 13.2. The topological polar surface area (TPSA) is 76.6 Å². The molecule has 0 saturated carbocycles. The van der Waals surface area contributed by atoms with Gasteiger partial charge in [-0.05, 0) is 5.92 Å². The SMILES string of the molecule is CC(C)c1csc(CCn2c(O)cc(=O)n3cc(F)c(=O)cc23)n1. The maximum atomic E-state index is 13.4. The summed E-state index contributed by atoms with van der Waals surface area (Å²) in [7, 11) is 0. The highest BCUT2D eigenvalue weighted by atomic mass is 32.1. The predicted molar refractivity (Wildman–Crippen MR) is 89.5 cm³/mol. The minimum absolute atomic E-state index is 0.145. The molecular weight excluding hydrogens is 333 g/mol. The van der Waals surface area contributed by atoms with Crippen molar-refractivity contribution < 1.29 is 9.50 Å². The van der Waals surface area contributed by atoms with E-state index in [4.69, 9.17) is 0 Å². The van der Waals surface area contributed by atoms with E-state index in [1.54, 1.807) is 0 Å². The van der Waals surface area contributed by atoms with Crippen LogP contribution in [0.5, 0.6) is 5.88 Å². The summed E-state index contributed by atoms with van der Waals surface area (Å²) in [4.78, 5) is 28.0. The number of rotatable bonds is 4. The van der Waals surface area contributed by atoms with E-state index in [-0.39, 0.29) is 11.5 Å². The number of aromatic hydroxyl groups is 1. The molecule has 3 heterocycles. The quantitative estimate of drug-likeness (QED) is 0.783. The zero-order valence-corrected chi connectivity index (χ0v) is 14.0. The predicted octanol–water partition coefficient (Wildman–Crippen LogP) is 2.13. The highest BCUT2D eigenvalue weighted by molar-refractivity contribution is 7.09. The summed E-state index contributed by atoms with van der Waals surface area (Å²) >= 11 is 1.52. The first-order valence-corrected chi connectivity index (χ1v) is 8.34. The molecule has 126 valence electrons. The number of hydrogen-bond donors (Lipinski definition) is 1. The summed E-state index contributed by atoms with van der Waals surface area (Å²) in [5.74, 6) is -0.951. The first-order chi connectivity index (χ1) is 11.4. The smallest absolute Gasteiger partial charge is 0.261 e. The molecule has 24 heavy (non-hydrogen) atoms. The number of nitrogens with zero attached hydrogens (tertiary/aromatic N) is 3. The first-order valence-electron chi connectivity index (χ1n) is 7.46. The maximum absolute atomic E-state index is 13.4. The van der Waals surface area contributed by atoms with Crippen molar-refractivity contribution in [3.05, 3.63) is 60.8 Å². The molecule has 3 aromatic heterocycles. The second kappa shape index (κ2) is 6.20. The minimum Gasteiger partial charge on any atom is -0.494 e. The van der Waals surface area contributed by atoms with Crippen LogP contribution >= 0.6 is 11.3 Å². The second-order valence-electron chi connectivity index (χ2n) is 5.78. The fraction of sp³-hybridized carbons (Fsp3) is 0.312. The standard InChI is InChI=1S/C16H16FN3O3S/c1-9(2)11-8-24-13(18-11)3-4-19-14-5-12(21)10(17)7-20(14)16(23)6-15(19)22/h5-9,22H,3-4H2,1-2H3. The van der Waals surface area contributed by atoms with Gasteiger partial charge in [0.15, 0.2) is 11.7 Å². The van der Waals surface area contributed by atoms with Crippen LogP contribution in [0.4, 0.5) is 4.39 Å². The van der Waals surface area contributed by atoms with Gasteiger partial charge in [0.05, 0.1) is 23.0 Å². The minimum atomic E-state index is -1.01. The Morgan fingerprint density at radius 1 is 1.33 bits per heavy atom. The molecule has 1 N–H and O–H groups in total. The summed E-state index contributed by atoms with van der Waals surface area (Å²) in [5.41, 5.74) is -0.284. The summed E-state index contributed by atoms with van der Waals surface area (Å²) in [6, 6.07) is 2.01. The van der Waals surface area contributed by atoms with Gasteiger partial charge in [-0.1, -0.05) is 13.8 Å². The highest BCUT2D eigenvalue weighted by Gasteiger charge is 2.12. The molecule has 0 spiro atoms. The van der Waals surface area contributed by atoms with Gasteiger partial charge in [-0.25, -0.2) is 9.37 Å². The van der Waals surface area contributed by atoms with Crippen LogP contribution in [0.3, 0.4) is 0 Å². The van der Waals surface area contributed by atoms with Crippen LogP contribution in [0.2, 0.25) is 0 Å². The van der Waals surface area contributed by atoms with Gasteiger partial charge in [0, 0.05) is 24.4 Å². The van der Waals surface area contributed by atoms with E-state index in [1.807, 2.05) is 5.38 Å². The molecule has 3 rings (SSSR count). The number of halogens is 1. The molecular formula is C16H16FN3O3S. The number of fused-ring (bicyclic) bond motifs is 1. The average molecular weight is 349 g/mol. The van der Waals surface area contributed by atoms with Gasteiger partial charge >= 0.3 is 0 Å². The Bertz CT molecular complexity index is 1020. The summed E-state index contributed by atoms with van der Waals surface area (Å²) < 4.78 is 15.9. The van der Waals surface area contributed by atoms with Crippen LogP contribution in [0, 0.1) is 5.82 Å². The molecule has 0 radical (unpaired) electrons. The van der Waals surface area contributed by atoms with Crippen LogP contribution in [-0.4, -0.2) is 19.1 Å². The molecule has 0 aromatic carbocycles. The molecule has 0 atom stereocenters. The number of aromatic nitrogens is 3. The van der Waals surface area contributed by atoms with Crippen molar-refractivity contribution in [3.63, 3.8) is 0 Å². The molecule has 0 aliphatic carbocycles. The molecule has 3 aromatic rings. The molecule has 6 nitrogen and oxygen atoms in total. The Balaban J connectivity index is 2.00. The molecule has 8 heteroatoms. The number of thiazole rings is 1. The van der Waals surface area contributed by atoms with Gasteiger partial charge in [-0.3, -0.25) is 18.6 Å². The Hall–Kier alpha value is -2.48. The third kappa shape index (κ3) is 2.96. The van der Waals surface area contributed by atoms with Gasteiger partial charge in [0.25, 0.3) is 5.56 Å². The van der Waals surface area contributed by atoms with Gasteiger partial charge in [0.2, 0.25) is 5.43 Å². The molecule has 0 unspecified atom stereocenters. The van der Waals surface area contributed by atoms with Crippen LogP contribution in [0.25, 0.3) is 5.65 Å². The lowest BCUT2D eigenvalue weighted by Gasteiger charge is -2.13. The Morgan fingerprint density at radius 3 is 2.75 bits per heavy atom. The van der Waals surface area contributed by atoms with Gasteiger partial charge in [-0.2, -0.15) is 0 Å². The van der Waals surface area contributed by atoms with Crippen LogP contribution in [0.15, 0.2) is 33.3 Å². The Labute approximate surface area is 140 Å². The molecule has 0 saturated heterocycles. The van der Waals surface area contributed by atoms with Crippen molar-refractivity contribution in [1.82, 2.24) is 14.0 Å². The van der Waals surface area contributed by atoms with Gasteiger partial charge < -0.3 is 5.11 Å². The first kappa shape index (κ1) is 16.4. The van der Waals surface area contributed by atoms with Crippen molar-refractivity contribution >= 4 is 17.0 Å². The van der Waals surface area contributed by atoms with Crippen LogP contribution in [-0.2, 0) is 13.0 Å². The normalized spacial score (nSPS) is 11.5. The number of aryl methyl sites for hydroxylation is 2. The van der Waals surface area contributed by atoms with E-state index in [1.165, 1.54) is 15.9 Å². The third-order valence-electron chi connectivity index (χ3n) is 3.74. The fourth-order valence-corrected chi connectivity index (χ4v) is 3.35. The Morgan fingerprint density at radius 2 is 2.08 bits per heavy atom. The maximum Gasteiger partial charge on any atom is 0.261 e. The fourth-order valence-electron chi connectivity index (χ4n) is 2.40. The molecule has 0 bridgehead atoms. The van der Waals surface area contributed by atoms with E-state index >= 15 is 0 Å².